The molecule has 0 aliphatic carbocycles. The first-order valence-electron chi connectivity index (χ1n) is 8.85. The smallest absolute Gasteiger partial charge is 0.232 e. The summed E-state index contributed by atoms with van der Waals surface area (Å²) in [5.41, 5.74) is 0. The average molecular weight is 377 g/mol. The number of nitrogens with zero attached hydrogens (tertiary/aromatic N) is 5. The Balaban J connectivity index is 1.51. The van der Waals surface area contributed by atoms with E-state index in [1.54, 1.807) is 18.3 Å². The van der Waals surface area contributed by atoms with E-state index in [1.165, 1.54) is 0 Å². The molecule has 2 unspecified atom stereocenters. The van der Waals surface area contributed by atoms with E-state index in [1.807, 2.05) is 25.8 Å². The average Bonchev–Trinajstić information content (AvgIpc) is 3.18. The third-order valence-corrected chi connectivity index (χ3v) is 4.97. The quantitative estimate of drug-likeness (QED) is 0.493. The van der Waals surface area contributed by atoms with Gasteiger partial charge in [-0.05, 0) is 24.5 Å². The summed E-state index contributed by atoms with van der Waals surface area (Å²) in [6, 6.07) is 3.94. The fourth-order valence-corrected chi connectivity index (χ4v) is 3.39. The molecule has 2 aromatic rings. The minimum absolute atomic E-state index is 0.397. The second-order valence-corrected chi connectivity index (χ2v) is 6.81. The number of pyridine rings is 1. The van der Waals surface area contributed by atoms with Gasteiger partial charge < -0.3 is 19.5 Å². The van der Waals surface area contributed by atoms with Crippen LogP contribution in [0.15, 0.2) is 42.0 Å². The standard InChI is InChI=1S/C18H25ClN6O/c1-14-5-9-24(12-16(14)25-10-7-21-13-25)18(20-2)23-8-11-26-17-15(19)4-3-6-22-17/h3-4,6-7,10,13-14,16H,5,8-9,11-12H2,1-2H3,(H,20,23). The lowest BCUT2D eigenvalue weighted by molar-refractivity contribution is 0.188. The van der Waals surface area contributed by atoms with Gasteiger partial charge in [-0.15, -0.1) is 0 Å². The Morgan fingerprint density at radius 1 is 1.46 bits per heavy atom. The highest BCUT2D eigenvalue weighted by Gasteiger charge is 2.28. The predicted octanol–water partition coefficient (Wildman–Crippen LogP) is 2.47. The highest BCUT2D eigenvalue weighted by Crippen LogP contribution is 2.27. The SMILES string of the molecule is CN=C(NCCOc1ncccc1Cl)N1CCC(C)C(n2ccnc2)C1. The normalized spacial score (nSPS) is 20.9. The monoisotopic (exact) mass is 376 g/mol. The fourth-order valence-electron chi connectivity index (χ4n) is 3.22. The van der Waals surface area contributed by atoms with Crippen LogP contribution < -0.4 is 10.1 Å². The van der Waals surface area contributed by atoms with Crippen molar-refractivity contribution in [1.29, 1.82) is 0 Å². The minimum Gasteiger partial charge on any atom is -0.475 e. The van der Waals surface area contributed by atoms with Gasteiger partial charge in [-0.3, -0.25) is 4.99 Å². The molecule has 1 fully saturated rings. The lowest BCUT2D eigenvalue weighted by Crippen LogP contribution is -2.49. The molecule has 26 heavy (non-hydrogen) atoms. The summed E-state index contributed by atoms with van der Waals surface area (Å²) in [7, 11) is 1.81. The van der Waals surface area contributed by atoms with Crippen LogP contribution in [0.1, 0.15) is 19.4 Å². The van der Waals surface area contributed by atoms with Crippen molar-refractivity contribution in [2.45, 2.75) is 19.4 Å². The zero-order valence-electron chi connectivity index (χ0n) is 15.2. The van der Waals surface area contributed by atoms with Crippen molar-refractivity contribution in [3.8, 4) is 5.88 Å². The van der Waals surface area contributed by atoms with Gasteiger partial charge in [0, 0.05) is 38.7 Å². The zero-order chi connectivity index (χ0) is 18.4. The molecule has 7 nitrogen and oxygen atoms in total. The van der Waals surface area contributed by atoms with E-state index in [0.29, 0.717) is 36.0 Å². The number of hydrogen-bond donors (Lipinski definition) is 1. The molecule has 1 saturated heterocycles. The number of ether oxygens (including phenoxy) is 1. The van der Waals surface area contributed by atoms with E-state index >= 15 is 0 Å². The summed E-state index contributed by atoms with van der Waals surface area (Å²) < 4.78 is 7.82. The van der Waals surface area contributed by atoms with Crippen LogP contribution in [0.5, 0.6) is 5.88 Å². The number of rotatable bonds is 5. The Bertz CT molecular complexity index is 720. The van der Waals surface area contributed by atoms with E-state index in [0.717, 1.165) is 25.5 Å². The van der Waals surface area contributed by atoms with Crippen molar-refractivity contribution in [1.82, 2.24) is 24.8 Å². The molecule has 1 aliphatic rings. The first kappa shape index (κ1) is 18.5. The van der Waals surface area contributed by atoms with Crippen LogP contribution in [0.2, 0.25) is 5.02 Å². The van der Waals surface area contributed by atoms with Crippen LogP contribution in [-0.4, -0.2) is 58.7 Å². The molecule has 2 atom stereocenters. The maximum atomic E-state index is 6.05. The minimum atomic E-state index is 0.397. The Morgan fingerprint density at radius 2 is 2.35 bits per heavy atom. The van der Waals surface area contributed by atoms with E-state index in [-0.39, 0.29) is 0 Å². The van der Waals surface area contributed by atoms with Gasteiger partial charge in [0.05, 0.1) is 18.9 Å². The molecule has 0 aromatic carbocycles. The molecule has 0 spiro atoms. The maximum Gasteiger partial charge on any atom is 0.232 e. The van der Waals surface area contributed by atoms with Crippen molar-refractivity contribution in [3.63, 3.8) is 0 Å². The molecular formula is C18H25ClN6O. The lowest BCUT2D eigenvalue weighted by Gasteiger charge is -2.39. The highest BCUT2D eigenvalue weighted by molar-refractivity contribution is 6.31. The van der Waals surface area contributed by atoms with Crippen LogP contribution in [0.25, 0.3) is 0 Å². The van der Waals surface area contributed by atoms with Crippen LogP contribution in [0, 0.1) is 5.92 Å². The third kappa shape index (κ3) is 4.46. The number of nitrogens with one attached hydrogen (secondary N) is 1. The van der Waals surface area contributed by atoms with Crippen molar-refractivity contribution in [3.05, 3.63) is 42.1 Å². The van der Waals surface area contributed by atoms with Crippen LogP contribution in [0.4, 0.5) is 0 Å². The molecular weight excluding hydrogens is 352 g/mol. The Labute approximate surface area is 159 Å². The summed E-state index contributed by atoms with van der Waals surface area (Å²) in [6.45, 7) is 5.28. The molecule has 3 heterocycles. The van der Waals surface area contributed by atoms with Crippen molar-refractivity contribution in [2.75, 3.05) is 33.3 Å². The summed E-state index contributed by atoms with van der Waals surface area (Å²) in [5, 5.41) is 3.88. The Morgan fingerprint density at radius 3 is 3.08 bits per heavy atom. The molecule has 0 radical (unpaired) electrons. The number of hydrogen-bond acceptors (Lipinski definition) is 4. The topological polar surface area (TPSA) is 67.6 Å². The molecule has 140 valence electrons. The molecule has 0 amide bonds. The van der Waals surface area contributed by atoms with Gasteiger partial charge in [0.15, 0.2) is 5.96 Å². The van der Waals surface area contributed by atoms with Crippen molar-refractivity contribution >= 4 is 17.6 Å². The summed E-state index contributed by atoms with van der Waals surface area (Å²) in [4.78, 5) is 15.0. The molecule has 1 aliphatic heterocycles. The van der Waals surface area contributed by atoms with E-state index in [9.17, 15) is 0 Å². The number of aliphatic imine (C=N–C) groups is 1. The van der Waals surface area contributed by atoms with Crippen LogP contribution in [0.3, 0.4) is 0 Å². The molecule has 2 aromatic heterocycles. The molecule has 8 heteroatoms. The first-order valence-corrected chi connectivity index (χ1v) is 9.23. The van der Waals surface area contributed by atoms with Gasteiger partial charge in [0.2, 0.25) is 5.88 Å². The summed E-state index contributed by atoms with van der Waals surface area (Å²) in [5.74, 6) is 1.95. The predicted molar refractivity (Wildman–Crippen MR) is 103 cm³/mol. The second-order valence-electron chi connectivity index (χ2n) is 6.40. The van der Waals surface area contributed by atoms with E-state index < -0.39 is 0 Å². The zero-order valence-corrected chi connectivity index (χ0v) is 15.9. The van der Waals surface area contributed by atoms with Crippen LogP contribution in [-0.2, 0) is 0 Å². The number of guanidine groups is 1. The van der Waals surface area contributed by atoms with Gasteiger partial charge in [-0.25, -0.2) is 9.97 Å². The molecule has 0 bridgehead atoms. The van der Waals surface area contributed by atoms with Gasteiger partial charge >= 0.3 is 0 Å². The van der Waals surface area contributed by atoms with Gasteiger partial charge in [-0.2, -0.15) is 0 Å². The summed E-state index contributed by atoms with van der Waals surface area (Å²) >= 11 is 6.05. The number of aromatic nitrogens is 3. The largest absolute Gasteiger partial charge is 0.475 e. The van der Waals surface area contributed by atoms with E-state index in [4.69, 9.17) is 16.3 Å². The lowest BCUT2D eigenvalue weighted by atomic mass is 9.93. The molecule has 1 N–H and O–H groups in total. The Hall–Kier alpha value is -2.28. The number of likely N-dealkylation sites (tertiary alicyclic amines) is 1. The third-order valence-electron chi connectivity index (χ3n) is 4.69. The number of imidazole rings is 1. The second kappa shape index (κ2) is 8.89. The summed E-state index contributed by atoms with van der Waals surface area (Å²) in [6.07, 6.45) is 8.54. The van der Waals surface area contributed by atoms with Crippen LogP contribution >= 0.6 is 11.6 Å². The van der Waals surface area contributed by atoms with Gasteiger partial charge in [0.25, 0.3) is 0 Å². The van der Waals surface area contributed by atoms with Gasteiger partial charge in [0.1, 0.15) is 11.6 Å². The van der Waals surface area contributed by atoms with Crippen molar-refractivity contribution in [2.24, 2.45) is 10.9 Å². The van der Waals surface area contributed by atoms with E-state index in [2.05, 4.69) is 36.7 Å². The first-order chi connectivity index (χ1) is 12.7. The van der Waals surface area contributed by atoms with Gasteiger partial charge in [-0.1, -0.05) is 18.5 Å². The highest BCUT2D eigenvalue weighted by atomic mass is 35.5. The fraction of sp³-hybridized carbons (Fsp3) is 0.500. The number of piperidine rings is 1. The maximum absolute atomic E-state index is 6.05. The molecule has 0 saturated carbocycles. The van der Waals surface area contributed by atoms with Crippen molar-refractivity contribution < 1.29 is 4.74 Å². The Kier molecular flexibility index (Phi) is 6.33. The molecule has 3 rings (SSSR count). The number of halogens is 1.